The molecule has 0 saturated heterocycles. The van der Waals surface area contributed by atoms with Crippen LogP contribution in [0.5, 0.6) is 0 Å². The molecule has 0 aromatic carbocycles. The molecule has 2 unspecified atom stereocenters. The third-order valence-electron chi connectivity index (χ3n) is 3.99. The lowest BCUT2D eigenvalue weighted by molar-refractivity contribution is 0.270. The monoisotopic (exact) mass is 225 g/mol. The van der Waals surface area contributed by atoms with Crippen LogP contribution >= 0.6 is 0 Å². The summed E-state index contributed by atoms with van der Waals surface area (Å²) < 4.78 is 0. The zero-order chi connectivity index (χ0) is 11.6. The summed E-state index contributed by atoms with van der Waals surface area (Å²) in [4.78, 5) is 0. The Balaban J connectivity index is 2.02. The molecule has 16 heavy (non-hydrogen) atoms. The van der Waals surface area contributed by atoms with Crippen LogP contribution in [-0.2, 0) is 0 Å². The van der Waals surface area contributed by atoms with Crippen LogP contribution in [0.15, 0.2) is 0 Å². The van der Waals surface area contributed by atoms with E-state index < -0.39 is 0 Å². The molecule has 0 bridgehead atoms. The lowest BCUT2D eigenvalue weighted by Crippen LogP contribution is -2.33. The third kappa shape index (κ3) is 5.89. The van der Waals surface area contributed by atoms with Gasteiger partial charge in [-0.05, 0) is 25.3 Å². The Morgan fingerprint density at radius 1 is 1.00 bits per heavy atom. The van der Waals surface area contributed by atoms with Crippen LogP contribution in [-0.4, -0.2) is 12.6 Å². The number of unbranched alkanes of at least 4 members (excludes halogenated alkanes) is 4. The molecule has 0 aliphatic heterocycles. The van der Waals surface area contributed by atoms with E-state index in [4.69, 9.17) is 0 Å². The minimum atomic E-state index is 0.833. The molecule has 0 aromatic heterocycles. The van der Waals surface area contributed by atoms with Gasteiger partial charge >= 0.3 is 0 Å². The molecule has 1 aliphatic rings. The summed E-state index contributed by atoms with van der Waals surface area (Å²) in [5.74, 6) is 1.03. The van der Waals surface area contributed by atoms with Gasteiger partial charge in [0.05, 0.1) is 0 Å². The first-order valence-electron chi connectivity index (χ1n) is 7.60. The van der Waals surface area contributed by atoms with Crippen molar-refractivity contribution in [3.05, 3.63) is 0 Å². The second-order valence-electron chi connectivity index (χ2n) is 5.49. The molecule has 1 aliphatic carbocycles. The molecular formula is C15H31N. The summed E-state index contributed by atoms with van der Waals surface area (Å²) in [6.07, 6.45) is 14.5. The van der Waals surface area contributed by atoms with Gasteiger partial charge in [-0.2, -0.15) is 0 Å². The summed E-state index contributed by atoms with van der Waals surface area (Å²) in [7, 11) is 0. The normalized spacial score (nSPS) is 25.9. The van der Waals surface area contributed by atoms with Crippen LogP contribution in [0.25, 0.3) is 0 Å². The SMILES string of the molecule is CCCCCCCC1CCCC(NCC)C1. The number of rotatable bonds is 8. The topological polar surface area (TPSA) is 12.0 Å². The summed E-state index contributed by atoms with van der Waals surface area (Å²) in [5, 5.41) is 3.63. The smallest absolute Gasteiger partial charge is 0.00695 e. The second-order valence-corrected chi connectivity index (χ2v) is 5.49. The molecule has 0 amide bonds. The molecule has 0 aromatic rings. The van der Waals surface area contributed by atoms with Crippen molar-refractivity contribution in [1.82, 2.24) is 5.32 Å². The van der Waals surface area contributed by atoms with E-state index in [0.29, 0.717) is 0 Å². The minimum Gasteiger partial charge on any atom is -0.314 e. The zero-order valence-electron chi connectivity index (χ0n) is 11.4. The average Bonchev–Trinajstić information content (AvgIpc) is 2.30. The molecule has 1 saturated carbocycles. The van der Waals surface area contributed by atoms with Crippen molar-refractivity contribution >= 4 is 0 Å². The predicted molar refractivity (Wildman–Crippen MR) is 72.8 cm³/mol. The average molecular weight is 225 g/mol. The maximum atomic E-state index is 3.63. The van der Waals surface area contributed by atoms with E-state index >= 15 is 0 Å². The van der Waals surface area contributed by atoms with Gasteiger partial charge in [0.15, 0.2) is 0 Å². The molecule has 1 N–H and O–H groups in total. The molecule has 0 heterocycles. The van der Waals surface area contributed by atoms with Gasteiger partial charge < -0.3 is 5.32 Å². The maximum Gasteiger partial charge on any atom is 0.00695 e. The van der Waals surface area contributed by atoms with Crippen molar-refractivity contribution < 1.29 is 0 Å². The fraction of sp³-hybridized carbons (Fsp3) is 1.00. The molecule has 96 valence electrons. The molecule has 1 rings (SSSR count). The van der Waals surface area contributed by atoms with E-state index in [1.165, 1.54) is 64.2 Å². The highest BCUT2D eigenvalue weighted by Gasteiger charge is 2.20. The summed E-state index contributed by atoms with van der Waals surface area (Å²) >= 11 is 0. The second kappa shape index (κ2) is 9.04. The van der Waals surface area contributed by atoms with Gasteiger partial charge in [0.2, 0.25) is 0 Å². The van der Waals surface area contributed by atoms with E-state index in [1.807, 2.05) is 0 Å². The van der Waals surface area contributed by atoms with Gasteiger partial charge in [-0.1, -0.05) is 65.2 Å². The van der Waals surface area contributed by atoms with Crippen molar-refractivity contribution in [2.24, 2.45) is 5.92 Å². The Labute approximate surface area is 102 Å². The molecule has 2 atom stereocenters. The first kappa shape index (κ1) is 14.0. The van der Waals surface area contributed by atoms with E-state index in [2.05, 4.69) is 19.2 Å². The first-order valence-corrected chi connectivity index (χ1v) is 7.60. The Hall–Kier alpha value is -0.0400. The largest absolute Gasteiger partial charge is 0.314 e. The molecule has 0 spiro atoms. The van der Waals surface area contributed by atoms with Crippen molar-refractivity contribution in [3.8, 4) is 0 Å². The van der Waals surface area contributed by atoms with Gasteiger partial charge in [0, 0.05) is 6.04 Å². The molecule has 1 heteroatoms. The van der Waals surface area contributed by atoms with Crippen LogP contribution < -0.4 is 5.32 Å². The summed E-state index contributed by atoms with van der Waals surface area (Å²) in [5.41, 5.74) is 0. The fourth-order valence-electron chi connectivity index (χ4n) is 3.06. The third-order valence-corrected chi connectivity index (χ3v) is 3.99. The van der Waals surface area contributed by atoms with E-state index in [0.717, 1.165) is 18.5 Å². The lowest BCUT2D eigenvalue weighted by atomic mass is 9.82. The Morgan fingerprint density at radius 2 is 1.81 bits per heavy atom. The van der Waals surface area contributed by atoms with Crippen LogP contribution in [0.3, 0.4) is 0 Å². The Kier molecular flexibility index (Phi) is 7.92. The highest BCUT2D eigenvalue weighted by atomic mass is 14.9. The number of hydrogen-bond donors (Lipinski definition) is 1. The van der Waals surface area contributed by atoms with Crippen LogP contribution in [0.4, 0.5) is 0 Å². The van der Waals surface area contributed by atoms with E-state index in [1.54, 1.807) is 0 Å². The van der Waals surface area contributed by atoms with E-state index in [9.17, 15) is 0 Å². The standard InChI is InChI=1S/C15H31N/c1-3-5-6-7-8-10-14-11-9-12-15(13-14)16-4-2/h14-16H,3-13H2,1-2H3. The van der Waals surface area contributed by atoms with Crippen molar-refractivity contribution in [2.75, 3.05) is 6.54 Å². The highest BCUT2D eigenvalue weighted by molar-refractivity contribution is 4.77. The van der Waals surface area contributed by atoms with Gasteiger partial charge in [-0.15, -0.1) is 0 Å². The lowest BCUT2D eigenvalue weighted by Gasteiger charge is -2.29. The van der Waals surface area contributed by atoms with Crippen LogP contribution in [0.2, 0.25) is 0 Å². The highest BCUT2D eigenvalue weighted by Crippen LogP contribution is 2.28. The molecule has 1 nitrogen and oxygen atoms in total. The first-order chi connectivity index (χ1) is 7.86. The number of nitrogens with one attached hydrogen (secondary N) is 1. The minimum absolute atomic E-state index is 0.833. The van der Waals surface area contributed by atoms with Gasteiger partial charge in [0.1, 0.15) is 0 Å². The predicted octanol–water partition coefficient (Wildman–Crippen LogP) is 4.52. The van der Waals surface area contributed by atoms with Crippen molar-refractivity contribution in [2.45, 2.75) is 84.1 Å². The summed E-state index contributed by atoms with van der Waals surface area (Å²) in [6, 6.07) is 0.833. The maximum absolute atomic E-state index is 3.63. The molecule has 0 radical (unpaired) electrons. The van der Waals surface area contributed by atoms with Gasteiger partial charge in [-0.25, -0.2) is 0 Å². The Morgan fingerprint density at radius 3 is 2.56 bits per heavy atom. The molecule has 1 fully saturated rings. The van der Waals surface area contributed by atoms with Crippen molar-refractivity contribution in [3.63, 3.8) is 0 Å². The summed E-state index contributed by atoms with van der Waals surface area (Å²) in [6.45, 7) is 5.67. The van der Waals surface area contributed by atoms with Gasteiger partial charge in [0.25, 0.3) is 0 Å². The van der Waals surface area contributed by atoms with Crippen molar-refractivity contribution in [1.29, 1.82) is 0 Å². The zero-order valence-corrected chi connectivity index (χ0v) is 11.4. The van der Waals surface area contributed by atoms with Gasteiger partial charge in [-0.3, -0.25) is 0 Å². The van der Waals surface area contributed by atoms with Crippen LogP contribution in [0.1, 0.15) is 78.1 Å². The quantitative estimate of drug-likeness (QED) is 0.599. The van der Waals surface area contributed by atoms with Crippen LogP contribution in [0, 0.1) is 5.92 Å². The Bertz CT molecular complexity index is 154. The fourth-order valence-corrected chi connectivity index (χ4v) is 3.06. The number of hydrogen-bond acceptors (Lipinski definition) is 1. The molecular weight excluding hydrogens is 194 g/mol. The van der Waals surface area contributed by atoms with E-state index in [-0.39, 0.29) is 0 Å².